The largest absolute Gasteiger partial charge is 0.420 e. The first-order valence-electron chi connectivity index (χ1n) is 3.57. The Morgan fingerprint density at radius 3 is 3.00 bits per heavy atom. The quantitative estimate of drug-likeness (QED) is 0.409. The van der Waals surface area contributed by atoms with Crippen molar-refractivity contribution in [3.8, 4) is 6.26 Å². The molecule has 1 atom stereocenters. The Morgan fingerprint density at radius 2 is 2.40 bits per heavy atom. The third kappa shape index (κ3) is 1.51. The number of hydrogen-bond donors (Lipinski definition) is 0. The Kier molecular flexibility index (Phi) is 2.33. The molecule has 1 aliphatic rings. The molecule has 0 aromatic carbocycles. The van der Waals surface area contributed by atoms with Crippen LogP contribution in [-0.2, 0) is 4.74 Å². The lowest BCUT2D eigenvalue weighted by atomic mass is 9.93. The number of hydrogen-bond acceptors (Lipinski definition) is 2. The Hall–Kier alpha value is -0.970. The average molecular weight is 137 g/mol. The van der Waals surface area contributed by atoms with E-state index in [1.54, 1.807) is 6.26 Å². The maximum Gasteiger partial charge on any atom is 0.286 e. The van der Waals surface area contributed by atoms with Crippen molar-refractivity contribution in [2.75, 3.05) is 0 Å². The molecule has 0 radical (unpaired) electrons. The molecule has 2 nitrogen and oxygen atoms in total. The zero-order valence-corrected chi connectivity index (χ0v) is 5.97. The predicted molar refractivity (Wildman–Crippen MR) is 38.1 cm³/mol. The van der Waals surface area contributed by atoms with Gasteiger partial charge in [0.25, 0.3) is 6.26 Å². The molecule has 54 valence electrons. The molecular formula is C8H11NO. The summed E-state index contributed by atoms with van der Waals surface area (Å²) in [6.45, 7) is 3.84. The van der Waals surface area contributed by atoms with Crippen LogP contribution in [-0.4, -0.2) is 6.10 Å². The van der Waals surface area contributed by atoms with Crippen molar-refractivity contribution in [2.45, 2.75) is 31.8 Å². The maximum absolute atomic E-state index is 8.22. The van der Waals surface area contributed by atoms with Gasteiger partial charge in [-0.2, -0.15) is 5.26 Å². The van der Waals surface area contributed by atoms with E-state index in [1.807, 2.05) is 0 Å². The van der Waals surface area contributed by atoms with Gasteiger partial charge in [0.05, 0.1) is 0 Å². The van der Waals surface area contributed by atoms with Gasteiger partial charge in [0.2, 0.25) is 0 Å². The van der Waals surface area contributed by atoms with Crippen LogP contribution in [0.5, 0.6) is 0 Å². The summed E-state index contributed by atoms with van der Waals surface area (Å²) in [6.07, 6.45) is 6.06. The molecule has 0 bridgehead atoms. The third-order valence-electron chi connectivity index (χ3n) is 1.86. The van der Waals surface area contributed by atoms with Crippen LogP contribution >= 0.6 is 0 Å². The predicted octanol–water partition coefficient (Wildman–Crippen LogP) is 1.98. The molecule has 10 heavy (non-hydrogen) atoms. The molecule has 0 saturated heterocycles. The van der Waals surface area contributed by atoms with Gasteiger partial charge in [-0.15, -0.1) is 0 Å². The van der Waals surface area contributed by atoms with E-state index in [-0.39, 0.29) is 6.10 Å². The van der Waals surface area contributed by atoms with Crippen LogP contribution in [0.1, 0.15) is 25.7 Å². The Bertz CT molecular complexity index is 169. The van der Waals surface area contributed by atoms with E-state index >= 15 is 0 Å². The summed E-state index contributed by atoms with van der Waals surface area (Å²) in [5.41, 5.74) is 1.08. The highest BCUT2D eigenvalue weighted by atomic mass is 16.5. The van der Waals surface area contributed by atoms with Crippen molar-refractivity contribution in [3.63, 3.8) is 0 Å². The highest BCUT2D eigenvalue weighted by Gasteiger charge is 2.17. The molecule has 0 spiro atoms. The molecule has 1 fully saturated rings. The molecule has 0 N–H and O–H groups in total. The topological polar surface area (TPSA) is 33.0 Å². The second-order valence-electron chi connectivity index (χ2n) is 2.60. The van der Waals surface area contributed by atoms with E-state index in [0.717, 1.165) is 24.8 Å². The van der Waals surface area contributed by atoms with Gasteiger partial charge in [0.1, 0.15) is 6.10 Å². The van der Waals surface area contributed by atoms with Crippen LogP contribution in [0.4, 0.5) is 0 Å². The van der Waals surface area contributed by atoms with E-state index in [1.165, 1.54) is 6.42 Å². The van der Waals surface area contributed by atoms with Crippen molar-refractivity contribution >= 4 is 0 Å². The van der Waals surface area contributed by atoms with Gasteiger partial charge in [-0.3, -0.25) is 0 Å². The molecule has 2 heteroatoms. The molecule has 0 heterocycles. The van der Waals surface area contributed by atoms with E-state index in [0.29, 0.717) is 0 Å². The van der Waals surface area contributed by atoms with Crippen molar-refractivity contribution in [1.29, 1.82) is 5.26 Å². The van der Waals surface area contributed by atoms with Gasteiger partial charge in [-0.05, 0) is 31.3 Å². The van der Waals surface area contributed by atoms with Crippen LogP contribution in [0.25, 0.3) is 0 Å². The van der Waals surface area contributed by atoms with Crippen molar-refractivity contribution in [1.82, 2.24) is 0 Å². The van der Waals surface area contributed by atoms with E-state index < -0.39 is 0 Å². The molecule has 1 aliphatic carbocycles. The highest BCUT2D eigenvalue weighted by molar-refractivity contribution is 5.05. The first kappa shape index (κ1) is 7.14. The fraction of sp³-hybridized carbons (Fsp3) is 0.625. The summed E-state index contributed by atoms with van der Waals surface area (Å²) in [6, 6.07) is 0. The molecular weight excluding hydrogens is 126 g/mol. The monoisotopic (exact) mass is 137 g/mol. The van der Waals surface area contributed by atoms with Gasteiger partial charge < -0.3 is 4.74 Å². The molecule has 1 saturated carbocycles. The number of rotatable bonds is 1. The van der Waals surface area contributed by atoms with Crippen LogP contribution in [0.15, 0.2) is 12.2 Å². The summed E-state index contributed by atoms with van der Waals surface area (Å²) in [7, 11) is 0. The van der Waals surface area contributed by atoms with Gasteiger partial charge in [-0.25, -0.2) is 0 Å². The number of nitriles is 1. The van der Waals surface area contributed by atoms with Crippen LogP contribution in [0.3, 0.4) is 0 Å². The molecule has 1 unspecified atom stereocenters. The molecule has 0 amide bonds. The standard InChI is InChI=1S/C8H11NO/c1-7-4-2-3-5-8(7)10-6-9/h8H,1-5H2. The van der Waals surface area contributed by atoms with E-state index in [2.05, 4.69) is 6.58 Å². The Morgan fingerprint density at radius 1 is 1.60 bits per heavy atom. The van der Waals surface area contributed by atoms with Crippen molar-refractivity contribution < 1.29 is 4.74 Å². The first-order chi connectivity index (χ1) is 4.84. The lowest BCUT2D eigenvalue weighted by Crippen LogP contribution is -2.16. The fourth-order valence-corrected chi connectivity index (χ4v) is 1.25. The van der Waals surface area contributed by atoms with Crippen LogP contribution in [0, 0.1) is 11.5 Å². The smallest absolute Gasteiger partial charge is 0.286 e. The Balaban J connectivity index is 2.42. The van der Waals surface area contributed by atoms with Crippen molar-refractivity contribution in [2.24, 2.45) is 0 Å². The summed E-state index contributed by atoms with van der Waals surface area (Å²) >= 11 is 0. The van der Waals surface area contributed by atoms with E-state index in [9.17, 15) is 0 Å². The summed E-state index contributed by atoms with van der Waals surface area (Å²) in [4.78, 5) is 0. The minimum atomic E-state index is 0.0127. The fourth-order valence-electron chi connectivity index (χ4n) is 1.25. The second kappa shape index (κ2) is 3.26. The first-order valence-corrected chi connectivity index (χ1v) is 3.57. The van der Waals surface area contributed by atoms with Gasteiger partial charge >= 0.3 is 0 Å². The molecule has 0 aromatic rings. The lowest BCUT2D eigenvalue weighted by molar-refractivity contribution is 0.166. The highest BCUT2D eigenvalue weighted by Crippen LogP contribution is 2.23. The van der Waals surface area contributed by atoms with Crippen LogP contribution in [0.2, 0.25) is 0 Å². The average Bonchev–Trinajstić information content (AvgIpc) is 1.94. The van der Waals surface area contributed by atoms with Gasteiger partial charge in [0, 0.05) is 0 Å². The maximum atomic E-state index is 8.22. The SMILES string of the molecule is C=C1CCCCC1OC#N. The Labute approximate surface area is 61.1 Å². The molecule has 1 rings (SSSR count). The third-order valence-corrected chi connectivity index (χ3v) is 1.86. The molecule has 0 aromatic heterocycles. The number of ether oxygens (including phenoxy) is 1. The number of nitrogens with zero attached hydrogens (tertiary/aromatic N) is 1. The zero-order valence-electron chi connectivity index (χ0n) is 5.97. The van der Waals surface area contributed by atoms with Gasteiger partial charge in [-0.1, -0.05) is 6.58 Å². The van der Waals surface area contributed by atoms with Crippen LogP contribution < -0.4 is 0 Å². The summed E-state index contributed by atoms with van der Waals surface area (Å²) in [5, 5.41) is 8.22. The minimum Gasteiger partial charge on any atom is -0.420 e. The van der Waals surface area contributed by atoms with E-state index in [4.69, 9.17) is 10.00 Å². The second-order valence-corrected chi connectivity index (χ2v) is 2.60. The van der Waals surface area contributed by atoms with Crippen molar-refractivity contribution in [3.05, 3.63) is 12.2 Å². The van der Waals surface area contributed by atoms with Gasteiger partial charge in [0.15, 0.2) is 0 Å². The normalized spacial score (nSPS) is 25.5. The minimum absolute atomic E-state index is 0.0127. The molecule has 0 aliphatic heterocycles. The zero-order chi connectivity index (χ0) is 7.40. The lowest BCUT2D eigenvalue weighted by Gasteiger charge is -2.21. The summed E-state index contributed by atoms with van der Waals surface area (Å²) in [5.74, 6) is 0. The summed E-state index contributed by atoms with van der Waals surface area (Å²) < 4.78 is 4.80.